The van der Waals surface area contributed by atoms with Gasteiger partial charge in [0.15, 0.2) is 0 Å². The highest BCUT2D eigenvalue weighted by Crippen LogP contribution is 1.97. The summed E-state index contributed by atoms with van der Waals surface area (Å²) < 4.78 is 0. The lowest BCUT2D eigenvalue weighted by molar-refractivity contribution is 0.319. The molecule has 0 aromatic carbocycles. The fourth-order valence-electron chi connectivity index (χ4n) is 0.327. The maximum Gasteiger partial charge on any atom is 0.0790 e. The average molecular weight is 113 g/mol. The summed E-state index contributed by atoms with van der Waals surface area (Å²) in [6.07, 6.45) is 0.843. The number of hydrogen-bond acceptors (Lipinski definition) is 2. The van der Waals surface area contributed by atoms with E-state index in [0.29, 0.717) is 5.71 Å². The van der Waals surface area contributed by atoms with E-state index in [1.165, 1.54) is 0 Å². The van der Waals surface area contributed by atoms with Gasteiger partial charge in [-0.05, 0) is 18.9 Å². The zero-order chi connectivity index (χ0) is 6.57. The summed E-state index contributed by atoms with van der Waals surface area (Å²) in [5.74, 6) is 0. The Labute approximate surface area is 49.5 Å². The molecule has 0 saturated carbocycles. The van der Waals surface area contributed by atoms with Gasteiger partial charge in [-0.3, -0.25) is 0 Å². The SMILES string of the molecule is C=C(CC)C(C)=NO. The molecule has 0 fully saturated rings. The first kappa shape index (κ1) is 7.21. The quantitative estimate of drug-likeness (QED) is 0.330. The van der Waals surface area contributed by atoms with Crippen molar-refractivity contribution in [2.45, 2.75) is 20.3 Å². The van der Waals surface area contributed by atoms with Crippen LogP contribution in [0.2, 0.25) is 0 Å². The first-order valence-corrected chi connectivity index (χ1v) is 2.59. The molecule has 2 nitrogen and oxygen atoms in total. The van der Waals surface area contributed by atoms with Gasteiger partial charge in [0.05, 0.1) is 5.71 Å². The highest BCUT2D eigenvalue weighted by molar-refractivity contribution is 5.96. The van der Waals surface area contributed by atoms with E-state index in [0.717, 1.165) is 12.0 Å². The second-order valence-electron chi connectivity index (χ2n) is 1.64. The molecule has 0 radical (unpaired) electrons. The van der Waals surface area contributed by atoms with Crippen molar-refractivity contribution in [2.75, 3.05) is 0 Å². The van der Waals surface area contributed by atoms with E-state index in [4.69, 9.17) is 5.21 Å². The fourth-order valence-corrected chi connectivity index (χ4v) is 0.327. The van der Waals surface area contributed by atoms with Crippen molar-refractivity contribution in [1.29, 1.82) is 0 Å². The molecule has 0 bridgehead atoms. The molecule has 0 saturated heterocycles. The molecular formula is C6H11NO. The van der Waals surface area contributed by atoms with Gasteiger partial charge in [0.25, 0.3) is 0 Å². The Morgan fingerprint density at radius 2 is 2.25 bits per heavy atom. The highest BCUT2D eigenvalue weighted by Gasteiger charge is 1.92. The number of nitrogens with zero attached hydrogens (tertiary/aromatic N) is 1. The van der Waals surface area contributed by atoms with Crippen LogP contribution in [-0.2, 0) is 0 Å². The number of oxime groups is 1. The molecule has 0 aliphatic carbocycles. The van der Waals surface area contributed by atoms with Crippen molar-refractivity contribution in [3.63, 3.8) is 0 Å². The normalized spacial score (nSPS) is 11.5. The van der Waals surface area contributed by atoms with Gasteiger partial charge in [-0.15, -0.1) is 0 Å². The molecule has 2 heteroatoms. The minimum Gasteiger partial charge on any atom is -0.411 e. The minimum atomic E-state index is 0.618. The summed E-state index contributed by atoms with van der Waals surface area (Å²) in [7, 11) is 0. The standard InChI is InChI=1S/C6H11NO/c1-4-5(2)6(3)7-8/h8H,2,4H2,1,3H3. The van der Waals surface area contributed by atoms with Crippen molar-refractivity contribution < 1.29 is 5.21 Å². The molecule has 1 N–H and O–H groups in total. The molecular weight excluding hydrogens is 102 g/mol. The van der Waals surface area contributed by atoms with Crippen LogP contribution < -0.4 is 0 Å². The lowest BCUT2D eigenvalue weighted by Crippen LogP contribution is -1.92. The van der Waals surface area contributed by atoms with Crippen molar-refractivity contribution >= 4 is 5.71 Å². The Morgan fingerprint density at radius 1 is 1.75 bits per heavy atom. The molecule has 8 heavy (non-hydrogen) atoms. The molecule has 0 rings (SSSR count). The smallest absolute Gasteiger partial charge is 0.0790 e. The maximum atomic E-state index is 8.16. The molecule has 0 aromatic heterocycles. The van der Waals surface area contributed by atoms with Crippen LogP contribution in [0.4, 0.5) is 0 Å². The van der Waals surface area contributed by atoms with Gasteiger partial charge in [0, 0.05) is 0 Å². The van der Waals surface area contributed by atoms with Crippen molar-refractivity contribution in [3.05, 3.63) is 12.2 Å². The number of allylic oxidation sites excluding steroid dienone is 1. The van der Waals surface area contributed by atoms with Gasteiger partial charge in [0.2, 0.25) is 0 Å². The first-order valence-electron chi connectivity index (χ1n) is 2.59. The van der Waals surface area contributed by atoms with Gasteiger partial charge in [0.1, 0.15) is 0 Å². The highest BCUT2D eigenvalue weighted by atomic mass is 16.4. The van der Waals surface area contributed by atoms with E-state index >= 15 is 0 Å². The summed E-state index contributed by atoms with van der Waals surface area (Å²) in [6, 6.07) is 0. The minimum absolute atomic E-state index is 0.618. The molecule has 0 aromatic rings. The second-order valence-corrected chi connectivity index (χ2v) is 1.64. The number of rotatable bonds is 2. The van der Waals surface area contributed by atoms with Gasteiger partial charge in [-0.25, -0.2) is 0 Å². The maximum absolute atomic E-state index is 8.16. The van der Waals surface area contributed by atoms with Gasteiger partial charge >= 0.3 is 0 Å². The van der Waals surface area contributed by atoms with E-state index in [1.807, 2.05) is 6.92 Å². The molecule has 0 heterocycles. The summed E-state index contributed by atoms with van der Waals surface area (Å²) >= 11 is 0. The van der Waals surface area contributed by atoms with E-state index in [9.17, 15) is 0 Å². The van der Waals surface area contributed by atoms with Crippen molar-refractivity contribution in [2.24, 2.45) is 5.16 Å². The van der Waals surface area contributed by atoms with Gasteiger partial charge in [-0.2, -0.15) is 0 Å². The van der Waals surface area contributed by atoms with Crippen LogP contribution in [0.3, 0.4) is 0 Å². The molecule has 0 aliphatic heterocycles. The zero-order valence-electron chi connectivity index (χ0n) is 5.31. The molecule has 0 amide bonds. The Balaban J connectivity index is 3.83. The third-order valence-electron chi connectivity index (χ3n) is 1.09. The monoisotopic (exact) mass is 113 g/mol. The Hall–Kier alpha value is -0.790. The van der Waals surface area contributed by atoms with Crippen LogP contribution in [0, 0.1) is 0 Å². The van der Waals surface area contributed by atoms with Gasteiger partial charge in [-0.1, -0.05) is 18.7 Å². The third kappa shape index (κ3) is 1.78. The fraction of sp³-hybridized carbons (Fsp3) is 0.500. The second kappa shape index (κ2) is 3.24. The van der Waals surface area contributed by atoms with E-state index in [-0.39, 0.29) is 0 Å². The van der Waals surface area contributed by atoms with Gasteiger partial charge < -0.3 is 5.21 Å². The van der Waals surface area contributed by atoms with Crippen LogP contribution in [0.15, 0.2) is 17.3 Å². The summed E-state index contributed by atoms with van der Waals surface area (Å²) in [5.41, 5.74) is 1.50. The lowest BCUT2D eigenvalue weighted by atomic mass is 10.1. The van der Waals surface area contributed by atoms with Crippen LogP contribution >= 0.6 is 0 Å². The van der Waals surface area contributed by atoms with Crippen molar-refractivity contribution in [1.82, 2.24) is 0 Å². The third-order valence-corrected chi connectivity index (χ3v) is 1.09. The van der Waals surface area contributed by atoms with Crippen LogP contribution in [0.1, 0.15) is 20.3 Å². The molecule has 46 valence electrons. The van der Waals surface area contributed by atoms with E-state index < -0.39 is 0 Å². The number of hydrogen-bond donors (Lipinski definition) is 1. The summed E-state index contributed by atoms with van der Waals surface area (Å²) in [4.78, 5) is 0. The zero-order valence-corrected chi connectivity index (χ0v) is 5.31. The largest absolute Gasteiger partial charge is 0.411 e. The summed E-state index contributed by atoms with van der Waals surface area (Å²) in [6.45, 7) is 7.35. The Bertz CT molecular complexity index is 116. The molecule has 0 spiro atoms. The van der Waals surface area contributed by atoms with Crippen LogP contribution in [0.5, 0.6) is 0 Å². The van der Waals surface area contributed by atoms with E-state index in [1.54, 1.807) is 6.92 Å². The summed E-state index contributed by atoms with van der Waals surface area (Å²) in [5, 5.41) is 11.1. The van der Waals surface area contributed by atoms with Crippen LogP contribution in [0.25, 0.3) is 0 Å². The molecule has 0 unspecified atom stereocenters. The predicted octanol–water partition coefficient (Wildman–Crippen LogP) is 1.80. The molecule has 0 atom stereocenters. The van der Waals surface area contributed by atoms with E-state index in [2.05, 4.69) is 11.7 Å². The first-order chi connectivity index (χ1) is 3.72. The lowest BCUT2D eigenvalue weighted by Gasteiger charge is -1.94. The Morgan fingerprint density at radius 3 is 2.38 bits per heavy atom. The Kier molecular flexibility index (Phi) is 2.92. The topological polar surface area (TPSA) is 32.6 Å². The van der Waals surface area contributed by atoms with Crippen molar-refractivity contribution in [3.8, 4) is 0 Å². The van der Waals surface area contributed by atoms with Crippen LogP contribution in [-0.4, -0.2) is 10.9 Å². The molecule has 0 aliphatic rings. The predicted molar refractivity (Wildman–Crippen MR) is 34.3 cm³/mol. The average Bonchev–Trinajstić information content (AvgIpc) is 1.84.